The van der Waals surface area contributed by atoms with Gasteiger partial charge in [0.05, 0.1) is 12.6 Å². The Morgan fingerprint density at radius 2 is 2.15 bits per heavy atom. The van der Waals surface area contributed by atoms with Crippen molar-refractivity contribution >= 4 is 29.2 Å². The van der Waals surface area contributed by atoms with Gasteiger partial charge < -0.3 is 9.84 Å². The molecule has 0 saturated carbocycles. The van der Waals surface area contributed by atoms with Crippen molar-refractivity contribution in [2.24, 2.45) is 5.41 Å². The molecule has 0 amide bonds. The maximum absolute atomic E-state index is 12.1. The number of allylic oxidation sites excluding steroid dienone is 2. The Kier molecular flexibility index (Phi) is 5.96. The summed E-state index contributed by atoms with van der Waals surface area (Å²) in [4.78, 5) is 28.3. The van der Waals surface area contributed by atoms with Gasteiger partial charge in [-0.25, -0.2) is 4.79 Å². The third-order valence-electron chi connectivity index (χ3n) is 4.18. The first kappa shape index (κ1) is 19.8. The number of hydrogen-bond acceptors (Lipinski definition) is 6. The molecular weight excluding hydrogens is 350 g/mol. The molecule has 1 aliphatic carbocycles. The SMILES string of the molecule is COC(=O)/C=C(/C)C#C[C@@]1(O)C(/C=C/c2cncs2)=CC(=O)CC1(C)C. The second-order valence-corrected chi connectivity index (χ2v) is 7.59. The summed E-state index contributed by atoms with van der Waals surface area (Å²) < 4.78 is 4.58. The molecule has 0 unspecified atom stereocenters. The fourth-order valence-electron chi connectivity index (χ4n) is 2.63. The monoisotopic (exact) mass is 371 g/mol. The molecule has 1 heterocycles. The van der Waals surface area contributed by atoms with Crippen LogP contribution >= 0.6 is 11.3 Å². The molecule has 2 rings (SSSR count). The van der Waals surface area contributed by atoms with Gasteiger partial charge in [0, 0.05) is 34.6 Å². The summed E-state index contributed by atoms with van der Waals surface area (Å²) in [5.41, 5.74) is 0.268. The third kappa shape index (κ3) is 4.37. The Morgan fingerprint density at radius 3 is 2.77 bits per heavy atom. The van der Waals surface area contributed by atoms with Crippen molar-refractivity contribution in [1.29, 1.82) is 0 Å². The van der Waals surface area contributed by atoms with Gasteiger partial charge in [0.15, 0.2) is 11.4 Å². The van der Waals surface area contributed by atoms with E-state index in [1.165, 1.54) is 30.6 Å². The van der Waals surface area contributed by atoms with Crippen LogP contribution in [0.2, 0.25) is 0 Å². The van der Waals surface area contributed by atoms with E-state index < -0.39 is 17.0 Å². The summed E-state index contributed by atoms with van der Waals surface area (Å²) in [5.74, 6) is 5.11. The van der Waals surface area contributed by atoms with Crippen LogP contribution < -0.4 is 0 Å². The van der Waals surface area contributed by atoms with E-state index >= 15 is 0 Å². The summed E-state index contributed by atoms with van der Waals surface area (Å²) >= 11 is 1.45. The molecule has 0 aliphatic heterocycles. The van der Waals surface area contributed by atoms with E-state index in [0.717, 1.165) is 4.88 Å². The molecule has 0 saturated heterocycles. The van der Waals surface area contributed by atoms with Gasteiger partial charge in [-0.15, -0.1) is 11.3 Å². The first-order valence-electron chi connectivity index (χ1n) is 8.01. The molecule has 1 aliphatic rings. The van der Waals surface area contributed by atoms with E-state index in [2.05, 4.69) is 21.6 Å². The lowest BCUT2D eigenvalue weighted by Gasteiger charge is -2.42. The summed E-state index contributed by atoms with van der Waals surface area (Å²) in [5, 5.41) is 11.3. The zero-order chi connectivity index (χ0) is 19.4. The van der Waals surface area contributed by atoms with Gasteiger partial charge in [-0.1, -0.05) is 31.8 Å². The molecule has 6 heteroatoms. The number of ether oxygens (including phenoxy) is 1. The molecule has 0 spiro atoms. The van der Waals surface area contributed by atoms with Crippen molar-refractivity contribution in [3.8, 4) is 11.8 Å². The Hall–Kier alpha value is -2.49. The fraction of sp³-hybridized carbons (Fsp3) is 0.350. The van der Waals surface area contributed by atoms with Crippen molar-refractivity contribution in [3.05, 3.63) is 46.0 Å². The van der Waals surface area contributed by atoms with Crippen molar-refractivity contribution < 1.29 is 19.4 Å². The van der Waals surface area contributed by atoms with E-state index in [-0.39, 0.29) is 12.2 Å². The number of carbonyl (C=O) groups is 2. The lowest BCUT2D eigenvalue weighted by Crippen LogP contribution is -2.48. The average Bonchev–Trinajstić information content (AvgIpc) is 3.08. The van der Waals surface area contributed by atoms with Crippen LogP contribution in [0.15, 0.2) is 41.1 Å². The molecule has 0 aromatic carbocycles. The Balaban J connectivity index is 2.45. The van der Waals surface area contributed by atoms with Crippen LogP contribution in [0.1, 0.15) is 32.1 Å². The highest BCUT2D eigenvalue weighted by Crippen LogP contribution is 2.43. The Labute approximate surface area is 157 Å². The molecular formula is C20H21NO4S. The molecule has 1 atom stereocenters. The average molecular weight is 371 g/mol. The smallest absolute Gasteiger partial charge is 0.331 e. The summed E-state index contributed by atoms with van der Waals surface area (Å²) in [6.07, 6.45) is 8.05. The van der Waals surface area contributed by atoms with E-state index in [0.29, 0.717) is 11.1 Å². The summed E-state index contributed by atoms with van der Waals surface area (Å²) in [6, 6.07) is 0. The van der Waals surface area contributed by atoms with Crippen LogP contribution in [-0.4, -0.2) is 34.6 Å². The van der Waals surface area contributed by atoms with Crippen LogP contribution in [-0.2, 0) is 14.3 Å². The van der Waals surface area contributed by atoms with Crippen molar-refractivity contribution in [2.75, 3.05) is 7.11 Å². The first-order chi connectivity index (χ1) is 12.2. The van der Waals surface area contributed by atoms with Crippen LogP contribution in [0.5, 0.6) is 0 Å². The predicted molar refractivity (Wildman–Crippen MR) is 101 cm³/mol. The Morgan fingerprint density at radius 1 is 1.42 bits per heavy atom. The van der Waals surface area contributed by atoms with Crippen molar-refractivity contribution in [1.82, 2.24) is 4.98 Å². The molecule has 136 valence electrons. The molecule has 0 bridgehead atoms. The van der Waals surface area contributed by atoms with E-state index in [4.69, 9.17) is 0 Å². The number of rotatable bonds is 3. The van der Waals surface area contributed by atoms with Crippen LogP contribution in [0.4, 0.5) is 0 Å². The minimum atomic E-state index is -1.53. The van der Waals surface area contributed by atoms with Gasteiger partial charge >= 0.3 is 5.97 Å². The fourth-order valence-corrected chi connectivity index (χ4v) is 3.15. The topological polar surface area (TPSA) is 76.5 Å². The number of aliphatic hydroxyl groups is 1. The number of esters is 1. The van der Waals surface area contributed by atoms with Crippen LogP contribution in [0.25, 0.3) is 6.08 Å². The second-order valence-electron chi connectivity index (χ2n) is 6.67. The van der Waals surface area contributed by atoms with E-state index in [1.54, 1.807) is 44.6 Å². The van der Waals surface area contributed by atoms with Gasteiger partial charge in [0.25, 0.3) is 0 Å². The number of thiazole rings is 1. The normalized spacial score (nSPS) is 22.6. The standard InChI is InChI=1S/C20H21NO4S/c1-14(9-18(23)25-4)7-8-20(24)15(5-6-17-12-21-13-26-17)10-16(22)11-19(20,2)3/h5-6,9-10,12-13,24H,11H2,1-4H3/b6-5+,14-9-/t20-/m1/s1. The number of methoxy groups -OCH3 is 1. The molecule has 0 fully saturated rings. The lowest BCUT2D eigenvalue weighted by atomic mass is 9.64. The summed E-state index contributed by atoms with van der Waals surface area (Å²) in [7, 11) is 1.29. The molecule has 1 aromatic rings. The molecule has 1 N–H and O–H groups in total. The minimum absolute atomic E-state index is 0.0627. The number of aromatic nitrogens is 1. The number of hydrogen-bond donors (Lipinski definition) is 1. The quantitative estimate of drug-likeness (QED) is 0.502. The van der Waals surface area contributed by atoms with Gasteiger partial charge in [-0.05, 0) is 24.6 Å². The second kappa shape index (κ2) is 7.81. The zero-order valence-electron chi connectivity index (χ0n) is 15.2. The zero-order valence-corrected chi connectivity index (χ0v) is 16.0. The Bertz CT molecular complexity index is 850. The highest BCUT2D eigenvalue weighted by atomic mass is 32.1. The van der Waals surface area contributed by atoms with Crippen LogP contribution in [0, 0.1) is 17.3 Å². The largest absolute Gasteiger partial charge is 0.466 e. The number of carbonyl (C=O) groups excluding carboxylic acids is 2. The van der Waals surface area contributed by atoms with Crippen molar-refractivity contribution in [2.45, 2.75) is 32.8 Å². The molecule has 1 aromatic heterocycles. The van der Waals surface area contributed by atoms with E-state index in [9.17, 15) is 14.7 Å². The van der Waals surface area contributed by atoms with E-state index in [1.807, 2.05) is 0 Å². The van der Waals surface area contributed by atoms with Crippen molar-refractivity contribution in [3.63, 3.8) is 0 Å². The van der Waals surface area contributed by atoms with Gasteiger partial charge in [0.1, 0.15) is 0 Å². The maximum Gasteiger partial charge on any atom is 0.331 e. The highest BCUT2D eigenvalue weighted by molar-refractivity contribution is 7.10. The molecule has 5 nitrogen and oxygen atoms in total. The highest BCUT2D eigenvalue weighted by Gasteiger charge is 2.48. The number of ketones is 1. The summed E-state index contributed by atoms with van der Waals surface area (Å²) in [6.45, 7) is 5.25. The maximum atomic E-state index is 12.1. The third-order valence-corrected chi connectivity index (χ3v) is 4.93. The molecule has 0 radical (unpaired) electrons. The minimum Gasteiger partial charge on any atom is -0.466 e. The van der Waals surface area contributed by atoms with Gasteiger partial charge in [-0.2, -0.15) is 0 Å². The van der Waals surface area contributed by atoms with Crippen LogP contribution in [0.3, 0.4) is 0 Å². The first-order valence-corrected chi connectivity index (χ1v) is 8.89. The number of nitrogens with zero attached hydrogens (tertiary/aromatic N) is 1. The predicted octanol–water partition coefficient (Wildman–Crippen LogP) is 2.94. The van der Waals surface area contributed by atoms with Gasteiger partial charge in [0.2, 0.25) is 0 Å². The van der Waals surface area contributed by atoms with Gasteiger partial charge in [-0.3, -0.25) is 9.78 Å². The molecule has 26 heavy (non-hydrogen) atoms. The lowest BCUT2D eigenvalue weighted by molar-refractivity contribution is -0.134.